The van der Waals surface area contributed by atoms with E-state index in [0.29, 0.717) is 18.5 Å². The van der Waals surface area contributed by atoms with Crippen molar-refractivity contribution in [3.63, 3.8) is 0 Å². The first-order valence-electron chi connectivity index (χ1n) is 5.47. The first-order valence-corrected chi connectivity index (χ1v) is 5.47. The third kappa shape index (κ3) is 1.99. The summed E-state index contributed by atoms with van der Waals surface area (Å²) in [5, 5.41) is 7.53. The Morgan fingerprint density at radius 1 is 1.44 bits per heavy atom. The van der Waals surface area contributed by atoms with E-state index in [1.54, 1.807) is 16.9 Å². The van der Waals surface area contributed by atoms with Gasteiger partial charge in [-0.1, -0.05) is 6.92 Å². The second-order valence-electron chi connectivity index (χ2n) is 4.08. The minimum absolute atomic E-state index is 0.290. The fourth-order valence-corrected chi connectivity index (χ4v) is 1.53. The van der Waals surface area contributed by atoms with Gasteiger partial charge >= 0.3 is 0 Å². The number of nitrogens with one attached hydrogen (secondary N) is 1. The number of hydrogen-bond donors (Lipinski definition) is 2. The standard InChI is InChI=1S/C11H17N5/c1-8(7-12)9(2)15-11-10-3-4-14-16(10)6-5-13-11/h3-6,8-9H,7,12H2,1-2H3,(H,13,15). The maximum absolute atomic E-state index is 5.64. The van der Waals surface area contributed by atoms with Crippen molar-refractivity contribution in [2.24, 2.45) is 11.7 Å². The zero-order chi connectivity index (χ0) is 11.5. The summed E-state index contributed by atoms with van der Waals surface area (Å²) in [6, 6.07) is 2.23. The molecule has 0 aliphatic heterocycles. The molecular formula is C11H17N5. The zero-order valence-electron chi connectivity index (χ0n) is 9.59. The van der Waals surface area contributed by atoms with Gasteiger partial charge in [-0.25, -0.2) is 9.50 Å². The number of nitrogens with two attached hydrogens (primary N) is 1. The van der Waals surface area contributed by atoms with Crippen LogP contribution in [-0.2, 0) is 0 Å². The lowest BCUT2D eigenvalue weighted by Gasteiger charge is -2.20. The number of nitrogens with zero attached hydrogens (tertiary/aromatic N) is 3. The minimum atomic E-state index is 0.290. The molecule has 0 fully saturated rings. The highest BCUT2D eigenvalue weighted by Gasteiger charge is 2.12. The van der Waals surface area contributed by atoms with Crippen LogP contribution < -0.4 is 11.1 Å². The van der Waals surface area contributed by atoms with E-state index in [1.807, 2.05) is 12.3 Å². The quantitative estimate of drug-likeness (QED) is 0.808. The van der Waals surface area contributed by atoms with Crippen LogP contribution in [-0.4, -0.2) is 27.2 Å². The molecule has 0 aromatic carbocycles. The Morgan fingerprint density at radius 3 is 3.00 bits per heavy atom. The molecule has 0 saturated carbocycles. The summed E-state index contributed by atoms with van der Waals surface area (Å²) in [5.74, 6) is 1.26. The summed E-state index contributed by atoms with van der Waals surface area (Å²) in [4.78, 5) is 4.32. The normalized spacial score (nSPS) is 14.9. The van der Waals surface area contributed by atoms with Crippen molar-refractivity contribution >= 4 is 11.3 Å². The smallest absolute Gasteiger partial charge is 0.152 e. The molecule has 5 nitrogen and oxygen atoms in total. The van der Waals surface area contributed by atoms with Crippen molar-refractivity contribution in [2.75, 3.05) is 11.9 Å². The van der Waals surface area contributed by atoms with Crippen LogP contribution in [0.5, 0.6) is 0 Å². The molecule has 5 heteroatoms. The molecule has 2 atom stereocenters. The highest BCUT2D eigenvalue weighted by Crippen LogP contribution is 2.15. The topological polar surface area (TPSA) is 68.2 Å². The highest BCUT2D eigenvalue weighted by atomic mass is 15.2. The number of aromatic nitrogens is 3. The molecule has 3 N–H and O–H groups in total. The summed E-state index contributed by atoms with van der Waals surface area (Å²) in [6.07, 6.45) is 5.33. The molecule has 0 saturated heterocycles. The van der Waals surface area contributed by atoms with E-state index in [-0.39, 0.29) is 0 Å². The van der Waals surface area contributed by atoms with Crippen LogP contribution in [0.4, 0.5) is 5.82 Å². The molecule has 2 unspecified atom stereocenters. The van der Waals surface area contributed by atoms with E-state index in [0.717, 1.165) is 11.3 Å². The van der Waals surface area contributed by atoms with Crippen LogP contribution in [0.1, 0.15) is 13.8 Å². The Morgan fingerprint density at radius 2 is 2.25 bits per heavy atom. The van der Waals surface area contributed by atoms with Gasteiger partial charge in [-0.3, -0.25) is 0 Å². The summed E-state index contributed by atoms with van der Waals surface area (Å²) < 4.78 is 1.80. The van der Waals surface area contributed by atoms with E-state index in [4.69, 9.17) is 5.73 Å². The highest BCUT2D eigenvalue weighted by molar-refractivity contribution is 5.66. The Bertz CT molecular complexity index is 464. The average molecular weight is 219 g/mol. The summed E-state index contributed by atoms with van der Waals surface area (Å²) in [5.41, 5.74) is 6.63. The molecule has 0 aliphatic rings. The van der Waals surface area contributed by atoms with Crippen molar-refractivity contribution in [3.05, 3.63) is 24.7 Å². The van der Waals surface area contributed by atoms with Gasteiger partial charge in [-0.15, -0.1) is 0 Å². The number of hydrogen-bond acceptors (Lipinski definition) is 4. The fourth-order valence-electron chi connectivity index (χ4n) is 1.53. The SMILES string of the molecule is CC(CN)C(C)Nc1nccn2nccc12. The predicted octanol–water partition coefficient (Wildman–Crippen LogP) is 1.12. The average Bonchev–Trinajstić information content (AvgIpc) is 2.77. The van der Waals surface area contributed by atoms with Crippen molar-refractivity contribution < 1.29 is 0 Å². The van der Waals surface area contributed by atoms with Crippen molar-refractivity contribution in [3.8, 4) is 0 Å². The molecular weight excluding hydrogens is 202 g/mol. The number of fused-ring (bicyclic) bond motifs is 1. The second kappa shape index (κ2) is 4.49. The third-order valence-electron chi connectivity index (χ3n) is 2.91. The van der Waals surface area contributed by atoms with Crippen LogP contribution in [0.15, 0.2) is 24.7 Å². The van der Waals surface area contributed by atoms with Crippen LogP contribution in [0.25, 0.3) is 5.52 Å². The zero-order valence-corrected chi connectivity index (χ0v) is 9.59. The van der Waals surface area contributed by atoms with Crippen LogP contribution in [0.3, 0.4) is 0 Å². The van der Waals surface area contributed by atoms with Gasteiger partial charge in [0.2, 0.25) is 0 Å². The lowest BCUT2D eigenvalue weighted by molar-refractivity contribution is 0.520. The molecule has 0 radical (unpaired) electrons. The van der Waals surface area contributed by atoms with Gasteiger partial charge in [-0.05, 0) is 25.5 Å². The lowest BCUT2D eigenvalue weighted by atomic mass is 10.0. The van der Waals surface area contributed by atoms with E-state index >= 15 is 0 Å². The maximum atomic E-state index is 5.64. The Labute approximate surface area is 94.7 Å². The first kappa shape index (κ1) is 10.9. The minimum Gasteiger partial charge on any atom is -0.366 e. The second-order valence-corrected chi connectivity index (χ2v) is 4.08. The van der Waals surface area contributed by atoms with Crippen LogP contribution in [0, 0.1) is 5.92 Å². The van der Waals surface area contributed by atoms with Gasteiger partial charge < -0.3 is 11.1 Å². The first-order chi connectivity index (χ1) is 7.72. The lowest BCUT2D eigenvalue weighted by Crippen LogP contribution is -2.29. The molecule has 2 aromatic heterocycles. The summed E-state index contributed by atoms with van der Waals surface area (Å²) in [6.45, 7) is 4.89. The van der Waals surface area contributed by atoms with Crippen molar-refractivity contribution in [2.45, 2.75) is 19.9 Å². The summed E-state index contributed by atoms with van der Waals surface area (Å²) in [7, 11) is 0. The van der Waals surface area contributed by atoms with Gasteiger partial charge in [0.15, 0.2) is 5.82 Å². The Kier molecular flexibility index (Phi) is 3.05. The number of anilines is 1. The van der Waals surface area contributed by atoms with E-state index < -0.39 is 0 Å². The number of rotatable bonds is 4. The van der Waals surface area contributed by atoms with Crippen molar-refractivity contribution in [1.82, 2.24) is 14.6 Å². The molecule has 2 aromatic rings. The predicted molar refractivity (Wildman–Crippen MR) is 64.3 cm³/mol. The van der Waals surface area contributed by atoms with Gasteiger partial charge in [0.25, 0.3) is 0 Å². The Hall–Kier alpha value is -1.62. The van der Waals surface area contributed by atoms with Crippen molar-refractivity contribution in [1.29, 1.82) is 0 Å². The fraction of sp³-hybridized carbons (Fsp3) is 0.455. The van der Waals surface area contributed by atoms with E-state index in [2.05, 4.69) is 29.2 Å². The molecule has 86 valence electrons. The van der Waals surface area contributed by atoms with Gasteiger partial charge in [-0.2, -0.15) is 5.10 Å². The van der Waals surface area contributed by atoms with Crippen LogP contribution >= 0.6 is 0 Å². The maximum Gasteiger partial charge on any atom is 0.152 e. The largest absolute Gasteiger partial charge is 0.366 e. The molecule has 0 amide bonds. The monoisotopic (exact) mass is 219 g/mol. The molecule has 2 heterocycles. The third-order valence-corrected chi connectivity index (χ3v) is 2.91. The van der Waals surface area contributed by atoms with Gasteiger partial charge in [0.05, 0.1) is 6.20 Å². The molecule has 0 spiro atoms. The van der Waals surface area contributed by atoms with E-state index in [1.165, 1.54) is 0 Å². The van der Waals surface area contributed by atoms with E-state index in [9.17, 15) is 0 Å². The molecule has 0 aliphatic carbocycles. The van der Waals surface area contributed by atoms with Crippen LogP contribution in [0.2, 0.25) is 0 Å². The molecule has 16 heavy (non-hydrogen) atoms. The van der Waals surface area contributed by atoms with Gasteiger partial charge in [0, 0.05) is 18.4 Å². The molecule has 2 rings (SSSR count). The van der Waals surface area contributed by atoms with Gasteiger partial charge in [0.1, 0.15) is 5.52 Å². The molecule has 0 bridgehead atoms. The summed E-state index contributed by atoms with van der Waals surface area (Å²) >= 11 is 0. The Balaban J connectivity index is 2.23.